The summed E-state index contributed by atoms with van der Waals surface area (Å²) in [7, 11) is 0. The molecule has 0 unspecified atom stereocenters. The Bertz CT molecular complexity index is 618. The van der Waals surface area contributed by atoms with Gasteiger partial charge in [-0.3, -0.25) is 0 Å². The number of benzene rings is 2. The van der Waals surface area contributed by atoms with Crippen molar-refractivity contribution < 1.29 is 14.6 Å². The predicted molar refractivity (Wildman–Crippen MR) is 81.9 cm³/mol. The minimum absolute atomic E-state index is 0.308. The summed E-state index contributed by atoms with van der Waals surface area (Å²) in [6.45, 7) is 3.43. The van der Waals surface area contributed by atoms with Crippen LogP contribution in [-0.4, -0.2) is 23.4 Å². The van der Waals surface area contributed by atoms with Gasteiger partial charge in [-0.05, 0) is 48.6 Å². The van der Waals surface area contributed by atoms with Crippen LogP contribution >= 0.6 is 0 Å². The quantitative estimate of drug-likeness (QED) is 0.888. The van der Waals surface area contributed by atoms with E-state index in [0.717, 1.165) is 11.1 Å². The zero-order valence-corrected chi connectivity index (χ0v) is 12.4. The monoisotopic (exact) mass is 288 g/mol. The molecule has 0 radical (unpaired) electrons. The molecule has 0 saturated heterocycles. The van der Waals surface area contributed by atoms with Crippen LogP contribution in [0.4, 0.5) is 4.39 Å². The molecule has 0 bridgehead atoms. The lowest BCUT2D eigenvalue weighted by Gasteiger charge is -2.31. The highest BCUT2D eigenvalue weighted by Crippen LogP contribution is 2.30. The van der Waals surface area contributed by atoms with E-state index in [1.807, 2.05) is 32.0 Å². The van der Waals surface area contributed by atoms with Gasteiger partial charge >= 0.3 is 0 Å². The number of aryl methyl sites for hydroxylation is 2. The maximum absolute atomic E-state index is 14.1. The molecule has 2 N–H and O–H groups in total. The smallest absolute Gasteiger partial charge is 0.127 e. The first kappa shape index (κ1) is 15.7. The van der Waals surface area contributed by atoms with Crippen molar-refractivity contribution in [2.45, 2.75) is 25.7 Å². The van der Waals surface area contributed by atoms with Gasteiger partial charge in [0.1, 0.15) is 5.82 Å². The molecule has 21 heavy (non-hydrogen) atoms. The maximum Gasteiger partial charge on any atom is 0.127 e. The largest absolute Gasteiger partial charge is 0.395 e. The van der Waals surface area contributed by atoms with Crippen LogP contribution < -0.4 is 0 Å². The van der Waals surface area contributed by atoms with Crippen LogP contribution in [-0.2, 0) is 11.8 Å². The third-order valence-electron chi connectivity index (χ3n) is 4.16. The third kappa shape index (κ3) is 3.14. The van der Waals surface area contributed by atoms with Crippen molar-refractivity contribution in [1.29, 1.82) is 0 Å². The first-order chi connectivity index (χ1) is 10.0. The van der Waals surface area contributed by atoms with Crippen molar-refractivity contribution in [1.82, 2.24) is 0 Å². The molecule has 2 aromatic rings. The van der Waals surface area contributed by atoms with E-state index in [2.05, 4.69) is 0 Å². The summed E-state index contributed by atoms with van der Waals surface area (Å²) in [5, 5.41) is 19.6. The lowest BCUT2D eigenvalue weighted by molar-refractivity contribution is 0.113. The zero-order valence-electron chi connectivity index (χ0n) is 12.4. The number of hydrogen-bond acceptors (Lipinski definition) is 2. The van der Waals surface area contributed by atoms with Crippen molar-refractivity contribution in [2.24, 2.45) is 0 Å². The molecule has 0 aliphatic heterocycles. The van der Waals surface area contributed by atoms with Gasteiger partial charge in [-0.15, -0.1) is 0 Å². The Morgan fingerprint density at radius 3 is 2.19 bits per heavy atom. The van der Waals surface area contributed by atoms with Crippen LogP contribution in [0, 0.1) is 19.7 Å². The normalized spacial score (nSPS) is 11.7. The minimum Gasteiger partial charge on any atom is -0.395 e. The fourth-order valence-corrected chi connectivity index (χ4v) is 2.62. The summed E-state index contributed by atoms with van der Waals surface area (Å²) in [5.74, 6) is -0.399. The first-order valence-electron chi connectivity index (χ1n) is 7.05. The van der Waals surface area contributed by atoms with Gasteiger partial charge in [-0.25, -0.2) is 4.39 Å². The Labute approximate surface area is 124 Å². The van der Waals surface area contributed by atoms with Crippen LogP contribution in [0.5, 0.6) is 0 Å². The summed E-state index contributed by atoms with van der Waals surface area (Å²) >= 11 is 0. The molecule has 0 spiro atoms. The number of rotatable bonds is 5. The molecule has 0 saturated carbocycles. The van der Waals surface area contributed by atoms with Gasteiger partial charge < -0.3 is 10.2 Å². The van der Waals surface area contributed by atoms with Gasteiger partial charge in [0, 0.05) is 5.41 Å². The van der Waals surface area contributed by atoms with Crippen LogP contribution in [0.2, 0.25) is 0 Å². The van der Waals surface area contributed by atoms with Gasteiger partial charge in [0.05, 0.1) is 13.2 Å². The highest BCUT2D eigenvalue weighted by atomic mass is 19.1. The van der Waals surface area contributed by atoms with Gasteiger partial charge in [0.25, 0.3) is 0 Å². The zero-order chi connectivity index (χ0) is 15.5. The Kier molecular flexibility index (Phi) is 4.76. The van der Waals surface area contributed by atoms with Gasteiger partial charge in [-0.2, -0.15) is 0 Å². The molecular weight excluding hydrogens is 267 g/mol. The highest BCUT2D eigenvalue weighted by molar-refractivity contribution is 5.35. The second-order valence-electron chi connectivity index (χ2n) is 5.67. The van der Waals surface area contributed by atoms with Gasteiger partial charge in [0.2, 0.25) is 0 Å². The standard InChI is InChI=1S/C18H21FO2/c1-13-7-8-15(9-14(13)2)10-18(11-20,12-21)16-5-3-4-6-17(16)19/h3-9,20-21H,10-12H2,1-2H3. The molecule has 0 heterocycles. The van der Waals surface area contributed by atoms with Crippen molar-refractivity contribution >= 4 is 0 Å². The second-order valence-corrected chi connectivity index (χ2v) is 5.67. The van der Waals surface area contributed by atoms with Crippen LogP contribution in [0.15, 0.2) is 42.5 Å². The summed E-state index contributed by atoms with van der Waals surface area (Å²) in [6.07, 6.45) is 0.391. The number of halogens is 1. The molecule has 0 amide bonds. The molecule has 0 aromatic heterocycles. The van der Waals surface area contributed by atoms with E-state index in [0.29, 0.717) is 12.0 Å². The summed E-state index contributed by atoms with van der Waals surface area (Å²) < 4.78 is 14.1. The Morgan fingerprint density at radius 2 is 1.62 bits per heavy atom. The lowest BCUT2D eigenvalue weighted by atomic mass is 9.76. The number of aliphatic hydroxyl groups is 2. The Hall–Kier alpha value is -1.71. The van der Waals surface area contributed by atoms with Crippen molar-refractivity contribution in [3.8, 4) is 0 Å². The molecule has 0 atom stereocenters. The van der Waals surface area contributed by atoms with Crippen LogP contribution in [0.1, 0.15) is 22.3 Å². The average molecular weight is 288 g/mol. The van der Waals surface area contributed by atoms with Crippen molar-refractivity contribution in [2.75, 3.05) is 13.2 Å². The van der Waals surface area contributed by atoms with E-state index in [-0.39, 0.29) is 13.2 Å². The Balaban J connectivity index is 2.43. The van der Waals surface area contributed by atoms with E-state index in [9.17, 15) is 14.6 Å². The molecule has 2 aromatic carbocycles. The molecule has 3 heteroatoms. The molecule has 0 fully saturated rings. The second kappa shape index (κ2) is 6.37. The molecule has 112 valence electrons. The number of hydrogen-bond donors (Lipinski definition) is 2. The van der Waals surface area contributed by atoms with E-state index in [1.165, 1.54) is 11.6 Å². The SMILES string of the molecule is Cc1ccc(CC(CO)(CO)c2ccccc2F)cc1C. The van der Waals surface area contributed by atoms with E-state index in [4.69, 9.17) is 0 Å². The summed E-state index contributed by atoms with van der Waals surface area (Å²) in [4.78, 5) is 0. The van der Waals surface area contributed by atoms with Gasteiger partial charge in [-0.1, -0.05) is 36.4 Å². The number of aliphatic hydroxyl groups excluding tert-OH is 2. The molecule has 2 nitrogen and oxygen atoms in total. The fourth-order valence-electron chi connectivity index (χ4n) is 2.62. The molecule has 0 aliphatic carbocycles. The van der Waals surface area contributed by atoms with Crippen LogP contribution in [0.3, 0.4) is 0 Å². The molecule has 2 rings (SSSR count). The van der Waals surface area contributed by atoms with Crippen LogP contribution in [0.25, 0.3) is 0 Å². The summed E-state index contributed by atoms with van der Waals surface area (Å²) in [5.41, 5.74) is 2.65. The molecule has 0 aliphatic rings. The average Bonchev–Trinajstić information content (AvgIpc) is 2.49. The predicted octanol–water partition coefficient (Wildman–Crippen LogP) is 2.91. The van der Waals surface area contributed by atoms with Crippen molar-refractivity contribution in [3.05, 3.63) is 70.5 Å². The van der Waals surface area contributed by atoms with E-state index >= 15 is 0 Å². The topological polar surface area (TPSA) is 40.5 Å². The fraction of sp³-hybridized carbons (Fsp3) is 0.333. The highest BCUT2D eigenvalue weighted by Gasteiger charge is 2.33. The third-order valence-corrected chi connectivity index (χ3v) is 4.16. The van der Waals surface area contributed by atoms with E-state index in [1.54, 1.807) is 18.2 Å². The maximum atomic E-state index is 14.1. The lowest BCUT2D eigenvalue weighted by Crippen LogP contribution is -2.38. The first-order valence-corrected chi connectivity index (χ1v) is 7.05. The summed E-state index contributed by atoms with van der Waals surface area (Å²) in [6, 6.07) is 12.3. The van der Waals surface area contributed by atoms with Crippen molar-refractivity contribution in [3.63, 3.8) is 0 Å². The van der Waals surface area contributed by atoms with Gasteiger partial charge in [0.15, 0.2) is 0 Å². The minimum atomic E-state index is -1.01. The molecular formula is C18H21FO2. The Morgan fingerprint density at radius 1 is 0.952 bits per heavy atom. The van der Waals surface area contributed by atoms with E-state index < -0.39 is 11.2 Å².